The van der Waals surface area contributed by atoms with Gasteiger partial charge in [0, 0.05) is 53.3 Å². The molecule has 5 heteroatoms. The van der Waals surface area contributed by atoms with E-state index in [0.29, 0.717) is 0 Å². The number of anilines is 2. The maximum absolute atomic E-state index is 6.46. The summed E-state index contributed by atoms with van der Waals surface area (Å²) in [7, 11) is 0. The average Bonchev–Trinajstić information content (AvgIpc) is 3.75. The summed E-state index contributed by atoms with van der Waals surface area (Å²) in [6.45, 7) is 6.98. The van der Waals surface area contributed by atoms with E-state index in [1.54, 1.807) is 0 Å². The van der Waals surface area contributed by atoms with Gasteiger partial charge in [-0.2, -0.15) is 0 Å². The van der Waals surface area contributed by atoms with Crippen molar-refractivity contribution in [3.05, 3.63) is 127 Å². The molecule has 0 spiro atoms. The summed E-state index contributed by atoms with van der Waals surface area (Å²) >= 11 is 1.95. The normalized spacial score (nSPS) is 13.8. The van der Waals surface area contributed by atoms with Crippen LogP contribution in [0.2, 0.25) is 0 Å². The quantitative estimate of drug-likeness (QED) is 0.170. The molecule has 11 rings (SSSR count). The number of hydrogen-bond donors (Lipinski definition) is 0. The Morgan fingerprint density at radius 2 is 1.45 bits per heavy atom. The fourth-order valence-corrected chi connectivity index (χ4v) is 9.65. The van der Waals surface area contributed by atoms with Crippen molar-refractivity contribution in [1.82, 2.24) is 4.57 Å². The molecule has 9 aromatic rings. The number of aromatic nitrogens is 1. The molecule has 0 radical (unpaired) electrons. The number of para-hydroxylation sites is 3. The Bertz CT molecular complexity index is 2800. The van der Waals surface area contributed by atoms with Crippen molar-refractivity contribution in [2.45, 2.75) is 26.2 Å². The molecule has 0 N–H and O–H groups in total. The van der Waals surface area contributed by atoms with Gasteiger partial charge in [-0.25, -0.2) is 0 Å². The predicted octanol–water partition coefficient (Wildman–Crippen LogP) is 10.4. The molecule has 0 bridgehead atoms. The van der Waals surface area contributed by atoms with Crippen LogP contribution >= 0.6 is 11.3 Å². The van der Waals surface area contributed by atoms with Crippen LogP contribution in [0.4, 0.5) is 11.4 Å². The summed E-state index contributed by atoms with van der Waals surface area (Å²) in [5.74, 6) is 0. The standard InChI is InChI=1S/C42H29BN2OS/c1-42(2,3)24-17-20-37-32(21-24)40-41(47-37)43-38-28(26-13-7-9-15-33(26)45(43)25-11-5-4-6-12-25)18-19-29-30-23-36-31(22-34(30)44(40)39(29)38)27-14-8-10-16-35(27)46-36/h4-23H,1-3H3. The molecule has 0 atom stereocenters. The SMILES string of the molecule is CC(C)(C)c1ccc2sc3c(c2c1)-n1c2cc4c(cc2c2ccc5c(c21)B3N(c1ccccc1)c1ccccc1-5)oc1ccccc14. The molecule has 5 heterocycles. The van der Waals surface area contributed by atoms with Gasteiger partial charge in [-0.3, -0.25) is 0 Å². The Kier molecular flexibility index (Phi) is 4.82. The van der Waals surface area contributed by atoms with Crippen molar-refractivity contribution < 1.29 is 4.42 Å². The Morgan fingerprint density at radius 1 is 0.638 bits per heavy atom. The maximum atomic E-state index is 6.46. The second kappa shape index (κ2) is 8.75. The van der Waals surface area contributed by atoms with Crippen molar-refractivity contribution in [3.63, 3.8) is 0 Å². The van der Waals surface area contributed by atoms with Gasteiger partial charge in [0.2, 0.25) is 0 Å². The van der Waals surface area contributed by atoms with E-state index < -0.39 is 0 Å². The van der Waals surface area contributed by atoms with E-state index in [1.807, 2.05) is 11.3 Å². The number of thiophene rings is 1. The Hall–Kier alpha value is -5.26. The Balaban J connectivity index is 1.37. The summed E-state index contributed by atoms with van der Waals surface area (Å²) in [5.41, 5.74) is 13.6. The van der Waals surface area contributed by atoms with Crippen molar-refractivity contribution in [2.75, 3.05) is 4.81 Å². The minimum Gasteiger partial charge on any atom is -0.456 e. The van der Waals surface area contributed by atoms with Crippen LogP contribution in [0.3, 0.4) is 0 Å². The van der Waals surface area contributed by atoms with Crippen LogP contribution in [0, 0.1) is 0 Å². The third kappa shape index (κ3) is 3.27. The summed E-state index contributed by atoms with van der Waals surface area (Å²) in [6, 6.07) is 44.9. The average molecular weight is 621 g/mol. The van der Waals surface area contributed by atoms with E-state index in [9.17, 15) is 0 Å². The molecule has 2 aliphatic rings. The summed E-state index contributed by atoms with van der Waals surface area (Å²) in [4.78, 5) is 2.59. The van der Waals surface area contributed by atoms with Gasteiger partial charge in [-0.15, -0.1) is 11.3 Å². The van der Waals surface area contributed by atoms with Crippen LogP contribution < -0.4 is 15.1 Å². The number of rotatable bonds is 1. The number of fused-ring (bicyclic) bond motifs is 13. The fraction of sp³-hybridized carbons (Fsp3) is 0.0952. The van der Waals surface area contributed by atoms with Gasteiger partial charge in [-0.1, -0.05) is 93.6 Å². The lowest BCUT2D eigenvalue weighted by molar-refractivity contribution is 0.591. The van der Waals surface area contributed by atoms with Crippen LogP contribution in [0.15, 0.2) is 126 Å². The van der Waals surface area contributed by atoms with Crippen LogP contribution in [-0.4, -0.2) is 11.4 Å². The van der Waals surface area contributed by atoms with Gasteiger partial charge in [0.15, 0.2) is 0 Å². The van der Waals surface area contributed by atoms with E-state index in [4.69, 9.17) is 4.42 Å². The van der Waals surface area contributed by atoms with Crippen molar-refractivity contribution in [1.29, 1.82) is 0 Å². The number of hydrogen-bond acceptors (Lipinski definition) is 3. The van der Waals surface area contributed by atoms with E-state index in [0.717, 1.165) is 21.9 Å². The molecular weight excluding hydrogens is 591 g/mol. The number of furan rings is 1. The second-order valence-electron chi connectivity index (χ2n) is 14.1. The number of benzene rings is 6. The molecule has 0 fully saturated rings. The maximum Gasteiger partial charge on any atom is 0.343 e. The lowest BCUT2D eigenvalue weighted by Gasteiger charge is -2.40. The lowest BCUT2D eigenvalue weighted by atomic mass is 9.47. The largest absolute Gasteiger partial charge is 0.456 e. The molecule has 47 heavy (non-hydrogen) atoms. The zero-order chi connectivity index (χ0) is 31.2. The second-order valence-corrected chi connectivity index (χ2v) is 15.2. The van der Waals surface area contributed by atoms with Crippen molar-refractivity contribution >= 4 is 93.6 Å². The van der Waals surface area contributed by atoms with Crippen LogP contribution in [-0.2, 0) is 5.41 Å². The molecule has 3 nitrogen and oxygen atoms in total. The summed E-state index contributed by atoms with van der Waals surface area (Å²) in [5, 5.41) is 6.16. The van der Waals surface area contributed by atoms with E-state index in [2.05, 4.69) is 151 Å². The molecule has 0 aliphatic carbocycles. The van der Waals surface area contributed by atoms with Gasteiger partial charge in [-0.05, 0) is 70.5 Å². The van der Waals surface area contributed by atoms with Gasteiger partial charge >= 0.3 is 6.85 Å². The van der Waals surface area contributed by atoms with Gasteiger partial charge in [0.1, 0.15) is 11.2 Å². The predicted molar refractivity (Wildman–Crippen MR) is 201 cm³/mol. The first-order valence-electron chi connectivity index (χ1n) is 16.4. The van der Waals surface area contributed by atoms with Gasteiger partial charge in [0.25, 0.3) is 0 Å². The molecule has 0 saturated carbocycles. The highest BCUT2D eigenvalue weighted by molar-refractivity contribution is 7.32. The monoisotopic (exact) mass is 620 g/mol. The third-order valence-corrected chi connectivity index (χ3v) is 11.7. The smallest absolute Gasteiger partial charge is 0.343 e. The number of nitrogens with zero attached hydrogens (tertiary/aromatic N) is 2. The van der Waals surface area contributed by atoms with Crippen molar-refractivity contribution in [3.8, 4) is 16.8 Å². The fourth-order valence-electron chi connectivity index (χ4n) is 8.38. The minimum atomic E-state index is 0.0390. The lowest BCUT2D eigenvalue weighted by Crippen LogP contribution is -2.59. The summed E-state index contributed by atoms with van der Waals surface area (Å²) < 4.78 is 11.8. The van der Waals surface area contributed by atoms with E-state index in [1.165, 1.54) is 75.9 Å². The molecule has 0 amide bonds. The molecule has 222 valence electrons. The highest BCUT2D eigenvalue weighted by Crippen LogP contribution is 2.48. The topological polar surface area (TPSA) is 21.3 Å². The third-order valence-electron chi connectivity index (χ3n) is 10.5. The zero-order valence-corrected chi connectivity index (χ0v) is 27.2. The highest BCUT2D eigenvalue weighted by Gasteiger charge is 2.45. The first-order valence-corrected chi connectivity index (χ1v) is 17.2. The molecular formula is C42H29BN2OS. The molecule has 3 aromatic heterocycles. The molecule has 6 aromatic carbocycles. The van der Waals surface area contributed by atoms with Gasteiger partial charge < -0.3 is 13.8 Å². The van der Waals surface area contributed by atoms with Gasteiger partial charge in [0.05, 0.1) is 16.7 Å². The highest BCUT2D eigenvalue weighted by atomic mass is 32.1. The van der Waals surface area contributed by atoms with Crippen molar-refractivity contribution in [2.24, 2.45) is 0 Å². The first-order chi connectivity index (χ1) is 23.0. The van der Waals surface area contributed by atoms with E-state index in [-0.39, 0.29) is 12.3 Å². The van der Waals surface area contributed by atoms with Crippen LogP contribution in [0.5, 0.6) is 0 Å². The van der Waals surface area contributed by atoms with Crippen LogP contribution in [0.25, 0.3) is 70.6 Å². The molecule has 0 unspecified atom stereocenters. The first kappa shape index (κ1) is 25.9. The molecule has 2 aliphatic heterocycles. The Morgan fingerprint density at radius 3 is 2.32 bits per heavy atom. The van der Waals surface area contributed by atoms with E-state index >= 15 is 0 Å². The zero-order valence-electron chi connectivity index (χ0n) is 26.3. The Labute approximate surface area is 276 Å². The summed E-state index contributed by atoms with van der Waals surface area (Å²) in [6.07, 6.45) is 0. The minimum absolute atomic E-state index is 0.0390. The van der Waals surface area contributed by atoms with Crippen LogP contribution in [0.1, 0.15) is 26.3 Å². The molecule has 0 saturated heterocycles.